The Balaban J connectivity index is 1.57. The van der Waals surface area contributed by atoms with Crippen molar-refractivity contribution in [2.24, 2.45) is 0 Å². The van der Waals surface area contributed by atoms with Gasteiger partial charge >= 0.3 is 0 Å². The summed E-state index contributed by atoms with van der Waals surface area (Å²) in [5.41, 5.74) is 3.09. The standard InChI is InChI=1S/C23H24ClN3O2/c1-28-20-14-18-19(15-21(20)29-2)25-22(26-23(18)24)11-8-16-6-9-17(10-7-16)27-12-4-3-5-13-27/h6-11,14-15H,3-5,12-13H2,1-2H3/b11-8+. The number of hydrogen-bond acceptors (Lipinski definition) is 5. The van der Waals surface area contributed by atoms with E-state index in [-0.39, 0.29) is 0 Å². The van der Waals surface area contributed by atoms with Crippen LogP contribution in [-0.2, 0) is 0 Å². The predicted molar refractivity (Wildman–Crippen MR) is 119 cm³/mol. The number of halogens is 1. The highest BCUT2D eigenvalue weighted by atomic mass is 35.5. The molecule has 0 spiro atoms. The van der Waals surface area contributed by atoms with Crippen LogP contribution < -0.4 is 14.4 Å². The minimum atomic E-state index is 0.385. The number of ether oxygens (including phenoxy) is 2. The molecule has 1 aromatic heterocycles. The molecule has 0 unspecified atom stereocenters. The van der Waals surface area contributed by atoms with Gasteiger partial charge in [-0.1, -0.05) is 29.8 Å². The molecule has 0 bridgehead atoms. The van der Waals surface area contributed by atoms with Crippen molar-refractivity contribution in [2.45, 2.75) is 19.3 Å². The Labute approximate surface area is 175 Å². The predicted octanol–water partition coefficient (Wildman–Crippen LogP) is 5.46. The Morgan fingerprint density at radius 3 is 2.28 bits per heavy atom. The normalized spacial score (nSPS) is 14.5. The first-order valence-corrected chi connectivity index (χ1v) is 10.2. The summed E-state index contributed by atoms with van der Waals surface area (Å²) in [5.74, 6) is 1.76. The van der Waals surface area contributed by atoms with Crippen molar-refractivity contribution in [1.29, 1.82) is 0 Å². The van der Waals surface area contributed by atoms with Crippen molar-refractivity contribution in [3.8, 4) is 11.5 Å². The number of rotatable bonds is 5. The molecule has 2 heterocycles. The van der Waals surface area contributed by atoms with Crippen molar-refractivity contribution in [2.75, 3.05) is 32.2 Å². The van der Waals surface area contributed by atoms with Crippen LogP contribution in [0.3, 0.4) is 0 Å². The summed E-state index contributed by atoms with van der Waals surface area (Å²) in [5, 5.41) is 1.11. The van der Waals surface area contributed by atoms with Gasteiger partial charge in [-0.15, -0.1) is 0 Å². The largest absolute Gasteiger partial charge is 0.493 e. The molecule has 0 aliphatic carbocycles. The maximum Gasteiger partial charge on any atom is 0.162 e. The maximum absolute atomic E-state index is 6.39. The van der Waals surface area contributed by atoms with E-state index in [0.29, 0.717) is 28.0 Å². The fourth-order valence-electron chi connectivity index (χ4n) is 3.63. The average Bonchev–Trinajstić information content (AvgIpc) is 2.78. The molecule has 0 amide bonds. The number of anilines is 1. The van der Waals surface area contributed by atoms with E-state index in [0.717, 1.165) is 24.0 Å². The van der Waals surface area contributed by atoms with Crippen LogP contribution in [0.4, 0.5) is 5.69 Å². The highest BCUT2D eigenvalue weighted by molar-refractivity contribution is 6.34. The van der Waals surface area contributed by atoms with Crippen molar-refractivity contribution in [3.63, 3.8) is 0 Å². The van der Waals surface area contributed by atoms with E-state index in [9.17, 15) is 0 Å². The van der Waals surface area contributed by atoms with E-state index in [4.69, 9.17) is 21.1 Å². The third-order valence-electron chi connectivity index (χ3n) is 5.21. The number of nitrogens with zero attached hydrogens (tertiary/aromatic N) is 3. The van der Waals surface area contributed by atoms with Crippen LogP contribution >= 0.6 is 11.6 Å². The summed E-state index contributed by atoms with van der Waals surface area (Å²) in [7, 11) is 3.19. The van der Waals surface area contributed by atoms with Gasteiger partial charge < -0.3 is 14.4 Å². The zero-order chi connectivity index (χ0) is 20.2. The molecule has 1 fully saturated rings. The molecule has 2 aromatic carbocycles. The molecule has 1 aliphatic heterocycles. The van der Waals surface area contributed by atoms with Gasteiger partial charge in [0.25, 0.3) is 0 Å². The summed E-state index contributed by atoms with van der Waals surface area (Å²) in [6.45, 7) is 2.29. The minimum absolute atomic E-state index is 0.385. The van der Waals surface area contributed by atoms with Crippen molar-refractivity contribution in [1.82, 2.24) is 9.97 Å². The lowest BCUT2D eigenvalue weighted by molar-refractivity contribution is 0.356. The van der Waals surface area contributed by atoms with Crippen molar-refractivity contribution >= 4 is 40.3 Å². The molecular weight excluding hydrogens is 386 g/mol. The molecule has 1 aliphatic rings. The van der Waals surface area contributed by atoms with E-state index in [1.54, 1.807) is 20.3 Å². The van der Waals surface area contributed by atoms with Crippen LogP contribution in [0.25, 0.3) is 23.1 Å². The van der Waals surface area contributed by atoms with Crippen LogP contribution in [0.1, 0.15) is 30.7 Å². The van der Waals surface area contributed by atoms with E-state index in [2.05, 4.69) is 39.1 Å². The van der Waals surface area contributed by atoms with E-state index >= 15 is 0 Å². The molecule has 0 atom stereocenters. The molecule has 3 aromatic rings. The lowest BCUT2D eigenvalue weighted by Crippen LogP contribution is -2.29. The molecule has 1 saturated heterocycles. The summed E-state index contributed by atoms with van der Waals surface area (Å²) in [4.78, 5) is 11.5. The van der Waals surface area contributed by atoms with Crippen LogP contribution in [0, 0.1) is 0 Å². The second-order valence-corrected chi connectivity index (χ2v) is 7.43. The number of fused-ring (bicyclic) bond motifs is 1. The highest BCUT2D eigenvalue weighted by Gasteiger charge is 2.12. The molecule has 29 heavy (non-hydrogen) atoms. The maximum atomic E-state index is 6.39. The summed E-state index contributed by atoms with van der Waals surface area (Å²) < 4.78 is 10.7. The van der Waals surface area contributed by atoms with Gasteiger partial charge in [-0.05, 0) is 49.1 Å². The number of benzene rings is 2. The van der Waals surface area contributed by atoms with Crippen LogP contribution in [0.2, 0.25) is 5.15 Å². The molecule has 0 radical (unpaired) electrons. The second kappa shape index (κ2) is 8.70. The van der Waals surface area contributed by atoms with Gasteiger partial charge in [0.1, 0.15) is 5.15 Å². The highest BCUT2D eigenvalue weighted by Crippen LogP contribution is 2.34. The zero-order valence-electron chi connectivity index (χ0n) is 16.7. The van der Waals surface area contributed by atoms with Gasteiger partial charge in [0.15, 0.2) is 17.3 Å². The van der Waals surface area contributed by atoms with Gasteiger partial charge in [-0.25, -0.2) is 9.97 Å². The SMILES string of the molecule is COc1cc2nc(/C=C/c3ccc(N4CCCCC4)cc3)nc(Cl)c2cc1OC. The Bertz CT molecular complexity index is 1030. The van der Waals surface area contributed by atoms with E-state index in [1.165, 1.54) is 24.9 Å². The van der Waals surface area contributed by atoms with Crippen molar-refractivity contribution in [3.05, 3.63) is 52.9 Å². The first-order chi connectivity index (χ1) is 14.2. The molecule has 0 N–H and O–H groups in total. The number of piperidine rings is 1. The Morgan fingerprint density at radius 2 is 1.59 bits per heavy atom. The average molecular weight is 410 g/mol. The number of hydrogen-bond donors (Lipinski definition) is 0. The first-order valence-electron chi connectivity index (χ1n) is 9.80. The van der Waals surface area contributed by atoms with E-state index < -0.39 is 0 Å². The van der Waals surface area contributed by atoms with Crippen LogP contribution in [0.15, 0.2) is 36.4 Å². The molecule has 5 nitrogen and oxygen atoms in total. The molecule has 4 rings (SSSR count). The fraction of sp³-hybridized carbons (Fsp3) is 0.304. The van der Waals surface area contributed by atoms with Gasteiger partial charge in [0.05, 0.1) is 19.7 Å². The van der Waals surface area contributed by atoms with Gasteiger partial charge in [-0.2, -0.15) is 0 Å². The topological polar surface area (TPSA) is 47.5 Å². The quantitative estimate of drug-likeness (QED) is 0.523. The van der Waals surface area contributed by atoms with E-state index in [1.807, 2.05) is 18.2 Å². The van der Waals surface area contributed by atoms with Gasteiger partial charge in [0.2, 0.25) is 0 Å². The smallest absolute Gasteiger partial charge is 0.162 e. The Kier molecular flexibility index (Phi) is 5.86. The molecule has 0 saturated carbocycles. The van der Waals surface area contributed by atoms with Gasteiger partial charge in [0, 0.05) is 30.2 Å². The molecular formula is C23H24ClN3O2. The third-order valence-corrected chi connectivity index (χ3v) is 5.50. The first kappa shape index (κ1) is 19.5. The number of aromatic nitrogens is 2. The van der Waals surface area contributed by atoms with Crippen LogP contribution in [-0.4, -0.2) is 37.3 Å². The molecule has 150 valence electrons. The lowest BCUT2D eigenvalue weighted by Gasteiger charge is -2.28. The Hall–Kier alpha value is -2.79. The van der Waals surface area contributed by atoms with Gasteiger partial charge in [-0.3, -0.25) is 0 Å². The zero-order valence-corrected chi connectivity index (χ0v) is 17.4. The lowest BCUT2D eigenvalue weighted by atomic mass is 10.1. The molecule has 6 heteroatoms. The second-order valence-electron chi connectivity index (χ2n) is 7.07. The summed E-state index contributed by atoms with van der Waals surface area (Å²) >= 11 is 6.39. The third kappa shape index (κ3) is 4.30. The number of methoxy groups -OCH3 is 2. The van der Waals surface area contributed by atoms with Crippen molar-refractivity contribution < 1.29 is 9.47 Å². The summed E-state index contributed by atoms with van der Waals surface area (Å²) in [6.07, 6.45) is 7.76. The Morgan fingerprint density at radius 1 is 0.897 bits per heavy atom. The minimum Gasteiger partial charge on any atom is -0.493 e. The fourth-order valence-corrected chi connectivity index (χ4v) is 3.87. The summed E-state index contributed by atoms with van der Waals surface area (Å²) in [6, 6.07) is 12.2. The monoisotopic (exact) mass is 409 g/mol. The van der Waals surface area contributed by atoms with Crippen LogP contribution in [0.5, 0.6) is 11.5 Å².